The molecule has 0 saturated heterocycles. The van der Waals surface area contributed by atoms with Gasteiger partial charge in [0.05, 0.1) is 16.7 Å². The maximum atomic E-state index is 8.65. The minimum Gasteiger partial charge on any atom is -0.297 e. The number of allylic oxidation sites excluding steroid dienone is 7. The van der Waals surface area contributed by atoms with E-state index in [1.807, 2.05) is 71.3 Å². The van der Waals surface area contributed by atoms with Crippen LogP contribution in [0.4, 0.5) is 0 Å². The van der Waals surface area contributed by atoms with Crippen LogP contribution in [0.15, 0.2) is 146 Å². The maximum absolute atomic E-state index is 8.65. The van der Waals surface area contributed by atoms with Crippen LogP contribution in [0.25, 0.3) is 56.2 Å². The Balaban J connectivity index is 1.27. The largest absolute Gasteiger partial charge is 0.297 e. The van der Waals surface area contributed by atoms with Gasteiger partial charge in [-0.05, 0) is 65.9 Å². The molecule has 7 rings (SSSR count). The van der Waals surface area contributed by atoms with Crippen LogP contribution in [-0.4, -0.2) is 30.2 Å². The Hall–Kier alpha value is -6.01. The first-order chi connectivity index (χ1) is 22.2. The molecule has 0 fully saturated rings. The van der Waals surface area contributed by atoms with Gasteiger partial charge in [-0.1, -0.05) is 110 Å². The van der Waals surface area contributed by atoms with E-state index in [1.165, 1.54) is 0 Å². The number of nitrogens with zero attached hydrogens (tertiary/aromatic N) is 5. The lowest BCUT2D eigenvalue weighted by Crippen LogP contribution is -2.07. The maximum Gasteiger partial charge on any atom is 0.164 e. The quantitative estimate of drug-likeness (QED) is 0.143. The normalized spacial score (nSPS) is 12.8. The van der Waals surface area contributed by atoms with Crippen molar-refractivity contribution in [2.45, 2.75) is 12.8 Å². The lowest BCUT2D eigenvalue weighted by molar-refractivity contribution is 0.978. The molecule has 0 spiro atoms. The molecule has 2 aromatic heterocycles. The zero-order valence-corrected chi connectivity index (χ0v) is 24.6. The Kier molecular flexibility index (Phi) is 7.60. The summed E-state index contributed by atoms with van der Waals surface area (Å²) < 4.78 is 2.03. The fraction of sp³-hybridized carbons (Fsp3) is 0.0513. The molecule has 1 aliphatic carbocycles. The molecule has 0 aliphatic heterocycles. The van der Waals surface area contributed by atoms with E-state index in [2.05, 4.69) is 61.2 Å². The van der Waals surface area contributed by atoms with Gasteiger partial charge in [0.15, 0.2) is 23.3 Å². The van der Waals surface area contributed by atoms with Crippen LogP contribution < -0.4 is 0 Å². The zero-order chi connectivity index (χ0) is 30.6. The van der Waals surface area contributed by atoms with E-state index >= 15 is 0 Å². The Bertz CT molecular complexity index is 2130. The van der Waals surface area contributed by atoms with Gasteiger partial charge in [0.1, 0.15) is 0 Å². The van der Waals surface area contributed by atoms with E-state index in [0.717, 1.165) is 63.2 Å². The number of nitrogens with one attached hydrogen (secondary N) is 1. The number of imidazole rings is 1. The SMILES string of the molecule is C=C/C=C\C(=N)c1nc2ccccc2n1-c1ccc(-c2cccc(-c3nc(C4=CC=CCC4)nc(-c4ccccc4)n3)c2)cc1. The lowest BCUT2D eigenvalue weighted by Gasteiger charge is -2.12. The summed E-state index contributed by atoms with van der Waals surface area (Å²) in [6.45, 7) is 3.73. The summed E-state index contributed by atoms with van der Waals surface area (Å²) in [5.74, 6) is 2.60. The average Bonchev–Trinajstić information content (AvgIpc) is 3.51. The summed E-state index contributed by atoms with van der Waals surface area (Å²) in [6.07, 6.45) is 13.3. The third kappa shape index (κ3) is 5.69. The fourth-order valence-electron chi connectivity index (χ4n) is 5.50. The van der Waals surface area contributed by atoms with E-state index < -0.39 is 0 Å². The first-order valence-electron chi connectivity index (χ1n) is 14.9. The highest BCUT2D eigenvalue weighted by Gasteiger charge is 2.17. The third-order valence-electron chi connectivity index (χ3n) is 7.75. The molecule has 2 heterocycles. The molecule has 0 atom stereocenters. The molecule has 6 heteroatoms. The molecule has 0 bridgehead atoms. The molecule has 0 saturated carbocycles. The van der Waals surface area contributed by atoms with E-state index in [0.29, 0.717) is 23.2 Å². The van der Waals surface area contributed by atoms with Gasteiger partial charge in [-0.15, -0.1) is 0 Å². The van der Waals surface area contributed by atoms with Crippen molar-refractivity contribution >= 4 is 22.3 Å². The van der Waals surface area contributed by atoms with Crippen LogP contribution in [0.1, 0.15) is 24.5 Å². The summed E-state index contributed by atoms with van der Waals surface area (Å²) in [6, 6.07) is 34.7. The summed E-state index contributed by atoms with van der Waals surface area (Å²) in [5, 5.41) is 8.65. The highest BCUT2D eigenvalue weighted by atomic mass is 15.1. The first-order valence-corrected chi connectivity index (χ1v) is 14.9. The van der Waals surface area contributed by atoms with Crippen molar-refractivity contribution in [1.29, 1.82) is 5.41 Å². The summed E-state index contributed by atoms with van der Waals surface area (Å²) in [7, 11) is 0. The van der Waals surface area contributed by atoms with Gasteiger partial charge < -0.3 is 0 Å². The molecule has 216 valence electrons. The fourth-order valence-corrected chi connectivity index (χ4v) is 5.50. The standard InChI is InChI=1S/C39H30N6/c1-2-3-19-33(40)39-41-34-20-10-11-21-35(34)45(39)32-24-22-27(23-25-32)30-17-12-18-31(26-30)38-43-36(28-13-6-4-7-14-28)42-37(44-38)29-15-8-5-9-16-29/h2-8,10-15,17-26,40H,1,9,16H2/b19-3-,40-33?. The lowest BCUT2D eigenvalue weighted by atomic mass is 10.0. The topological polar surface area (TPSA) is 80.3 Å². The highest BCUT2D eigenvalue weighted by Crippen LogP contribution is 2.30. The second kappa shape index (κ2) is 12.3. The molecular formula is C39H30N6. The number of para-hydroxylation sites is 2. The molecule has 0 unspecified atom stereocenters. The van der Waals surface area contributed by atoms with Crippen molar-refractivity contribution in [1.82, 2.24) is 24.5 Å². The van der Waals surface area contributed by atoms with Crippen molar-refractivity contribution in [2.75, 3.05) is 0 Å². The van der Waals surface area contributed by atoms with Gasteiger partial charge >= 0.3 is 0 Å². The average molecular weight is 583 g/mol. The van der Waals surface area contributed by atoms with Crippen LogP contribution in [0.2, 0.25) is 0 Å². The van der Waals surface area contributed by atoms with Crippen LogP contribution in [-0.2, 0) is 0 Å². The predicted molar refractivity (Wildman–Crippen MR) is 183 cm³/mol. The number of rotatable bonds is 8. The third-order valence-corrected chi connectivity index (χ3v) is 7.75. The molecule has 0 amide bonds. The number of fused-ring (bicyclic) bond motifs is 1. The number of benzene rings is 4. The Labute approximate surface area is 262 Å². The van der Waals surface area contributed by atoms with Gasteiger partial charge in [0.25, 0.3) is 0 Å². The van der Waals surface area contributed by atoms with Gasteiger partial charge in [-0.3, -0.25) is 9.98 Å². The van der Waals surface area contributed by atoms with Crippen molar-refractivity contribution in [3.05, 3.63) is 158 Å². The summed E-state index contributed by atoms with van der Waals surface area (Å²) in [5.41, 5.74) is 8.15. The van der Waals surface area contributed by atoms with E-state index in [1.54, 1.807) is 18.2 Å². The summed E-state index contributed by atoms with van der Waals surface area (Å²) in [4.78, 5) is 19.5. The monoisotopic (exact) mass is 582 g/mol. The molecule has 0 radical (unpaired) electrons. The molecule has 1 aliphatic rings. The van der Waals surface area contributed by atoms with Crippen LogP contribution >= 0.6 is 0 Å². The Morgan fingerprint density at radius 2 is 1.42 bits per heavy atom. The Morgan fingerprint density at radius 1 is 0.711 bits per heavy atom. The molecule has 45 heavy (non-hydrogen) atoms. The number of hydrogen-bond donors (Lipinski definition) is 1. The van der Waals surface area contributed by atoms with Crippen LogP contribution in [0.3, 0.4) is 0 Å². The van der Waals surface area contributed by atoms with Gasteiger partial charge in [-0.2, -0.15) is 0 Å². The second-order valence-electron chi connectivity index (χ2n) is 10.7. The summed E-state index contributed by atoms with van der Waals surface area (Å²) >= 11 is 0. The van der Waals surface area contributed by atoms with Gasteiger partial charge in [0, 0.05) is 16.8 Å². The Morgan fingerprint density at radius 3 is 2.20 bits per heavy atom. The minimum atomic E-state index is 0.314. The first kappa shape index (κ1) is 27.8. The molecule has 6 nitrogen and oxygen atoms in total. The van der Waals surface area contributed by atoms with Crippen molar-refractivity contribution in [2.24, 2.45) is 0 Å². The zero-order valence-electron chi connectivity index (χ0n) is 24.6. The second-order valence-corrected chi connectivity index (χ2v) is 10.7. The van der Waals surface area contributed by atoms with E-state index in [-0.39, 0.29) is 0 Å². The van der Waals surface area contributed by atoms with Crippen LogP contribution in [0.5, 0.6) is 0 Å². The molecular weight excluding hydrogens is 552 g/mol. The van der Waals surface area contributed by atoms with Crippen molar-refractivity contribution < 1.29 is 0 Å². The van der Waals surface area contributed by atoms with E-state index in [9.17, 15) is 0 Å². The van der Waals surface area contributed by atoms with Crippen molar-refractivity contribution in [3.63, 3.8) is 0 Å². The van der Waals surface area contributed by atoms with E-state index in [4.69, 9.17) is 25.3 Å². The van der Waals surface area contributed by atoms with Gasteiger partial charge in [0.2, 0.25) is 0 Å². The number of hydrogen-bond acceptors (Lipinski definition) is 5. The molecule has 6 aromatic rings. The van der Waals surface area contributed by atoms with Gasteiger partial charge in [-0.25, -0.2) is 19.9 Å². The molecule has 4 aromatic carbocycles. The smallest absolute Gasteiger partial charge is 0.164 e. The minimum absolute atomic E-state index is 0.314. The van der Waals surface area contributed by atoms with Crippen molar-refractivity contribution in [3.8, 4) is 39.6 Å². The highest BCUT2D eigenvalue weighted by molar-refractivity contribution is 6.06. The van der Waals surface area contributed by atoms with Crippen LogP contribution in [0, 0.1) is 5.41 Å². The molecule has 1 N–H and O–H groups in total. The number of aromatic nitrogens is 5. The predicted octanol–water partition coefficient (Wildman–Crippen LogP) is 9.05.